The molecule has 4 N–H and O–H groups in total. The monoisotopic (exact) mass is 299 g/mol. The first-order valence-corrected chi connectivity index (χ1v) is 7.98. The molecule has 124 valence electrons. The molecule has 0 rings (SSSR count). The van der Waals surface area contributed by atoms with Crippen molar-refractivity contribution in [3.05, 3.63) is 0 Å². The Hall–Kier alpha value is -1.10. The number of hydrogen-bond donors (Lipinski definition) is 3. The Bertz CT molecular complexity index is 327. The van der Waals surface area contributed by atoms with Crippen molar-refractivity contribution in [2.45, 2.75) is 53.9 Å². The highest BCUT2D eigenvalue weighted by Gasteiger charge is 2.33. The summed E-state index contributed by atoms with van der Waals surface area (Å²) in [5, 5.41) is 5.74. The lowest BCUT2D eigenvalue weighted by atomic mass is 9.71. The molecule has 1 unspecified atom stereocenters. The van der Waals surface area contributed by atoms with E-state index in [2.05, 4.69) is 38.3 Å². The number of amides is 2. The summed E-state index contributed by atoms with van der Waals surface area (Å²) in [4.78, 5) is 23.0. The third kappa shape index (κ3) is 7.46. The molecule has 0 heterocycles. The van der Waals surface area contributed by atoms with Crippen molar-refractivity contribution in [2.24, 2.45) is 23.0 Å². The first-order chi connectivity index (χ1) is 9.73. The molecule has 0 aromatic heterocycles. The van der Waals surface area contributed by atoms with Crippen LogP contribution in [0, 0.1) is 17.3 Å². The second-order valence-electron chi connectivity index (χ2n) is 6.60. The van der Waals surface area contributed by atoms with E-state index in [1.165, 1.54) is 0 Å². The standard InChI is InChI=1S/C16H33N3O2/c1-12(2)16(4,5)13(3)15(21)19-10-8-6-7-9-18-14(20)11-17/h12-13H,6-11,17H2,1-5H3,(H,18,20)(H,19,21). The molecule has 0 saturated carbocycles. The molecule has 0 fully saturated rings. The number of hydrogen-bond acceptors (Lipinski definition) is 3. The molecule has 0 aromatic carbocycles. The number of carbonyl (C=O) groups is 2. The molecule has 1 atom stereocenters. The maximum atomic E-state index is 12.1. The Balaban J connectivity index is 3.78. The number of rotatable bonds is 10. The van der Waals surface area contributed by atoms with E-state index in [0.29, 0.717) is 19.0 Å². The van der Waals surface area contributed by atoms with Crippen molar-refractivity contribution in [3.8, 4) is 0 Å². The van der Waals surface area contributed by atoms with Gasteiger partial charge in [-0.3, -0.25) is 9.59 Å². The molecule has 0 spiro atoms. The predicted octanol–water partition coefficient (Wildman–Crippen LogP) is 1.67. The summed E-state index contributed by atoms with van der Waals surface area (Å²) in [6.07, 6.45) is 2.82. The largest absolute Gasteiger partial charge is 0.356 e. The van der Waals surface area contributed by atoms with Gasteiger partial charge in [0.2, 0.25) is 11.8 Å². The van der Waals surface area contributed by atoms with E-state index in [4.69, 9.17) is 5.73 Å². The minimum atomic E-state index is -0.118. The zero-order valence-corrected chi connectivity index (χ0v) is 14.3. The van der Waals surface area contributed by atoms with Gasteiger partial charge >= 0.3 is 0 Å². The molecule has 5 nitrogen and oxygen atoms in total. The SMILES string of the molecule is CC(C)C(C)(C)C(C)C(=O)NCCCCCNC(=O)CN. The highest BCUT2D eigenvalue weighted by atomic mass is 16.2. The van der Waals surface area contributed by atoms with Gasteiger partial charge in [-0.25, -0.2) is 0 Å². The third-order valence-corrected chi connectivity index (χ3v) is 4.66. The lowest BCUT2D eigenvalue weighted by Crippen LogP contribution is -2.40. The number of nitrogens with two attached hydrogens (primary N) is 1. The van der Waals surface area contributed by atoms with Gasteiger partial charge in [-0.2, -0.15) is 0 Å². The Morgan fingerprint density at radius 2 is 1.52 bits per heavy atom. The van der Waals surface area contributed by atoms with Gasteiger partial charge in [-0.05, 0) is 30.6 Å². The maximum absolute atomic E-state index is 12.1. The van der Waals surface area contributed by atoms with E-state index in [1.807, 2.05) is 6.92 Å². The van der Waals surface area contributed by atoms with Gasteiger partial charge < -0.3 is 16.4 Å². The van der Waals surface area contributed by atoms with Crippen LogP contribution in [0.3, 0.4) is 0 Å². The van der Waals surface area contributed by atoms with Crippen LogP contribution in [0.15, 0.2) is 0 Å². The predicted molar refractivity (Wildman–Crippen MR) is 86.7 cm³/mol. The Morgan fingerprint density at radius 1 is 1.00 bits per heavy atom. The van der Waals surface area contributed by atoms with Gasteiger partial charge in [0.25, 0.3) is 0 Å². The Morgan fingerprint density at radius 3 is 2.00 bits per heavy atom. The summed E-state index contributed by atoms with van der Waals surface area (Å²) in [5.41, 5.74) is 5.19. The highest BCUT2D eigenvalue weighted by Crippen LogP contribution is 2.34. The van der Waals surface area contributed by atoms with Crippen LogP contribution in [0.5, 0.6) is 0 Å². The molecule has 0 radical (unpaired) electrons. The summed E-state index contributed by atoms with van der Waals surface area (Å²) >= 11 is 0. The zero-order valence-electron chi connectivity index (χ0n) is 14.3. The van der Waals surface area contributed by atoms with E-state index < -0.39 is 0 Å². The van der Waals surface area contributed by atoms with E-state index in [0.717, 1.165) is 19.3 Å². The van der Waals surface area contributed by atoms with Crippen LogP contribution in [0.1, 0.15) is 53.9 Å². The Labute approximate surface area is 129 Å². The number of carbonyl (C=O) groups excluding carboxylic acids is 2. The van der Waals surface area contributed by atoms with Crippen LogP contribution >= 0.6 is 0 Å². The molecular formula is C16H33N3O2. The van der Waals surface area contributed by atoms with Crippen molar-refractivity contribution in [1.29, 1.82) is 0 Å². The van der Waals surface area contributed by atoms with Crippen LogP contribution in [-0.2, 0) is 9.59 Å². The molecular weight excluding hydrogens is 266 g/mol. The van der Waals surface area contributed by atoms with Gasteiger partial charge in [0, 0.05) is 19.0 Å². The van der Waals surface area contributed by atoms with Crippen LogP contribution in [0.25, 0.3) is 0 Å². The van der Waals surface area contributed by atoms with Crippen LogP contribution in [0.2, 0.25) is 0 Å². The number of nitrogens with one attached hydrogen (secondary N) is 2. The fourth-order valence-electron chi connectivity index (χ4n) is 1.93. The molecule has 0 aromatic rings. The second-order valence-corrected chi connectivity index (χ2v) is 6.60. The van der Waals surface area contributed by atoms with Gasteiger partial charge in [0.15, 0.2) is 0 Å². The third-order valence-electron chi connectivity index (χ3n) is 4.66. The van der Waals surface area contributed by atoms with Crippen LogP contribution in [0.4, 0.5) is 0 Å². The highest BCUT2D eigenvalue weighted by molar-refractivity contribution is 5.79. The molecule has 5 heteroatoms. The van der Waals surface area contributed by atoms with Crippen LogP contribution < -0.4 is 16.4 Å². The van der Waals surface area contributed by atoms with Gasteiger partial charge in [-0.1, -0.05) is 34.6 Å². The average Bonchev–Trinajstić information content (AvgIpc) is 2.44. The quantitative estimate of drug-likeness (QED) is 0.536. The lowest BCUT2D eigenvalue weighted by Gasteiger charge is -2.34. The first-order valence-electron chi connectivity index (χ1n) is 7.98. The molecule has 0 aliphatic heterocycles. The summed E-state index contributed by atoms with van der Waals surface area (Å²) in [6.45, 7) is 12.0. The molecule has 0 aliphatic rings. The van der Waals surface area contributed by atoms with Crippen molar-refractivity contribution < 1.29 is 9.59 Å². The van der Waals surface area contributed by atoms with Crippen molar-refractivity contribution in [2.75, 3.05) is 19.6 Å². The normalized spacial score (nSPS) is 13.1. The average molecular weight is 299 g/mol. The fourth-order valence-corrected chi connectivity index (χ4v) is 1.93. The van der Waals surface area contributed by atoms with Crippen molar-refractivity contribution in [1.82, 2.24) is 10.6 Å². The molecule has 0 saturated heterocycles. The molecule has 0 aliphatic carbocycles. The summed E-state index contributed by atoms with van der Waals surface area (Å²) in [5.74, 6) is 0.476. The van der Waals surface area contributed by atoms with E-state index in [1.54, 1.807) is 0 Å². The second kappa shape index (κ2) is 9.77. The molecule has 0 bridgehead atoms. The topological polar surface area (TPSA) is 84.2 Å². The molecule has 2 amide bonds. The fraction of sp³-hybridized carbons (Fsp3) is 0.875. The van der Waals surface area contributed by atoms with Gasteiger partial charge in [0.1, 0.15) is 0 Å². The number of unbranched alkanes of at least 4 members (excludes halogenated alkanes) is 2. The first kappa shape index (κ1) is 19.9. The summed E-state index contributed by atoms with van der Waals surface area (Å²) in [7, 11) is 0. The summed E-state index contributed by atoms with van der Waals surface area (Å²) < 4.78 is 0. The zero-order chi connectivity index (χ0) is 16.5. The smallest absolute Gasteiger partial charge is 0.233 e. The van der Waals surface area contributed by atoms with Gasteiger partial charge in [0.05, 0.1) is 6.54 Å². The van der Waals surface area contributed by atoms with Crippen molar-refractivity contribution in [3.63, 3.8) is 0 Å². The minimum absolute atomic E-state index is 0.00124. The maximum Gasteiger partial charge on any atom is 0.233 e. The molecule has 21 heavy (non-hydrogen) atoms. The van der Waals surface area contributed by atoms with Crippen molar-refractivity contribution >= 4 is 11.8 Å². The summed E-state index contributed by atoms with van der Waals surface area (Å²) in [6, 6.07) is 0. The van der Waals surface area contributed by atoms with E-state index >= 15 is 0 Å². The van der Waals surface area contributed by atoms with E-state index in [9.17, 15) is 9.59 Å². The Kier molecular flexibility index (Phi) is 9.26. The van der Waals surface area contributed by atoms with E-state index in [-0.39, 0.29) is 29.7 Å². The van der Waals surface area contributed by atoms with Crippen LogP contribution in [-0.4, -0.2) is 31.4 Å². The minimum Gasteiger partial charge on any atom is -0.356 e. The lowest BCUT2D eigenvalue weighted by molar-refractivity contribution is -0.129. The van der Waals surface area contributed by atoms with Gasteiger partial charge in [-0.15, -0.1) is 0 Å².